The molecule has 0 saturated heterocycles. The molecule has 0 unspecified atom stereocenters. The van der Waals surface area contributed by atoms with Crippen molar-refractivity contribution in [2.45, 2.75) is 13.0 Å². The number of anilines is 1. The number of ether oxygens (including phenoxy) is 1. The maximum atomic E-state index is 13.3. The van der Waals surface area contributed by atoms with Crippen molar-refractivity contribution >= 4 is 16.7 Å². The van der Waals surface area contributed by atoms with Crippen molar-refractivity contribution in [1.29, 1.82) is 0 Å². The van der Waals surface area contributed by atoms with Gasteiger partial charge in [-0.1, -0.05) is 18.2 Å². The molecule has 0 bridgehead atoms. The summed E-state index contributed by atoms with van der Waals surface area (Å²) in [6.07, 6.45) is 2.32. The van der Waals surface area contributed by atoms with Gasteiger partial charge >= 0.3 is 0 Å². The topological polar surface area (TPSA) is 47.0 Å². The minimum atomic E-state index is -0.240. The van der Waals surface area contributed by atoms with Crippen LogP contribution in [0.2, 0.25) is 0 Å². The number of benzene rings is 2. The second-order valence-corrected chi connectivity index (χ2v) is 5.26. The highest BCUT2D eigenvalue weighted by Crippen LogP contribution is 2.19. The van der Waals surface area contributed by atoms with E-state index in [2.05, 4.69) is 15.3 Å². The predicted molar refractivity (Wildman–Crippen MR) is 88.8 cm³/mol. The Morgan fingerprint density at radius 1 is 1.09 bits per heavy atom. The Hall–Kier alpha value is -2.53. The monoisotopic (exact) mass is 311 g/mol. The Morgan fingerprint density at radius 2 is 1.96 bits per heavy atom. The summed E-state index contributed by atoms with van der Waals surface area (Å²) in [5, 5.41) is 4.33. The Bertz CT molecular complexity index is 802. The number of nitrogens with zero attached hydrogens (tertiary/aromatic N) is 2. The van der Waals surface area contributed by atoms with Crippen LogP contribution < -0.4 is 5.32 Å². The van der Waals surface area contributed by atoms with Crippen LogP contribution in [0.4, 0.5) is 10.2 Å². The van der Waals surface area contributed by atoms with Crippen molar-refractivity contribution in [3.8, 4) is 0 Å². The summed E-state index contributed by atoms with van der Waals surface area (Å²) in [5.74, 6) is 0.571. The lowest BCUT2D eigenvalue weighted by Crippen LogP contribution is -2.09. The van der Waals surface area contributed by atoms with Crippen LogP contribution >= 0.6 is 0 Å². The van der Waals surface area contributed by atoms with Gasteiger partial charge in [-0.25, -0.2) is 14.4 Å². The fourth-order valence-electron chi connectivity index (χ4n) is 2.59. The first-order valence-corrected chi connectivity index (χ1v) is 7.48. The molecular weight excluding hydrogens is 293 g/mol. The molecule has 3 aromatic rings. The summed E-state index contributed by atoms with van der Waals surface area (Å²) < 4.78 is 18.5. The van der Waals surface area contributed by atoms with E-state index in [1.807, 2.05) is 30.3 Å². The summed E-state index contributed by atoms with van der Waals surface area (Å²) in [4.78, 5) is 8.55. The van der Waals surface area contributed by atoms with Crippen LogP contribution in [0, 0.1) is 5.82 Å². The lowest BCUT2D eigenvalue weighted by Gasteiger charge is -2.11. The molecular formula is C18H18FN3O. The number of methoxy groups -OCH3 is 1. The van der Waals surface area contributed by atoms with Gasteiger partial charge in [-0.05, 0) is 41.8 Å². The Morgan fingerprint density at radius 3 is 2.83 bits per heavy atom. The Balaban J connectivity index is 1.72. The van der Waals surface area contributed by atoms with Crippen molar-refractivity contribution in [1.82, 2.24) is 9.97 Å². The predicted octanol–water partition coefficient (Wildman–Crippen LogP) is 3.57. The highest BCUT2D eigenvalue weighted by Gasteiger charge is 2.06. The largest absolute Gasteiger partial charge is 0.380 e. The molecule has 0 aliphatic heterocycles. The molecule has 1 N–H and O–H groups in total. The van der Waals surface area contributed by atoms with E-state index in [-0.39, 0.29) is 5.82 Å². The third-order valence-electron chi connectivity index (χ3n) is 3.70. The van der Waals surface area contributed by atoms with Crippen LogP contribution in [0.1, 0.15) is 11.1 Å². The summed E-state index contributed by atoms with van der Waals surface area (Å²) in [7, 11) is 1.61. The first-order valence-electron chi connectivity index (χ1n) is 7.48. The zero-order chi connectivity index (χ0) is 16.1. The van der Waals surface area contributed by atoms with Crippen LogP contribution in [0.25, 0.3) is 10.9 Å². The average Bonchev–Trinajstić information content (AvgIpc) is 2.57. The van der Waals surface area contributed by atoms with E-state index in [4.69, 9.17) is 4.74 Å². The number of aromatic nitrogens is 2. The van der Waals surface area contributed by atoms with E-state index in [0.717, 1.165) is 34.3 Å². The van der Waals surface area contributed by atoms with Crippen molar-refractivity contribution in [3.05, 3.63) is 65.7 Å². The summed E-state index contributed by atoms with van der Waals surface area (Å²) in [5.41, 5.74) is 2.85. The van der Waals surface area contributed by atoms with Crippen molar-refractivity contribution in [2.24, 2.45) is 0 Å². The highest BCUT2D eigenvalue weighted by atomic mass is 19.1. The molecule has 23 heavy (non-hydrogen) atoms. The molecule has 0 radical (unpaired) electrons. The van der Waals surface area contributed by atoms with Crippen LogP contribution in [0.15, 0.2) is 48.8 Å². The van der Waals surface area contributed by atoms with Crippen LogP contribution in [-0.4, -0.2) is 23.6 Å². The third-order valence-corrected chi connectivity index (χ3v) is 3.70. The SMILES string of the molecule is COCc1cc(F)ccc1CCNc1ncnc2ccccc12. The van der Waals surface area contributed by atoms with Gasteiger partial charge in [0, 0.05) is 19.0 Å². The number of nitrogens with one attached hydrogen (secondary N) is 1. The van der Waals surface area contributed by atoms with E-state index in [9.17, 15) is 4.39 Å². The molecule has 3 rings (SSSR count). The zero-order valence-corrected chi connectivity index (χ0v) is 12.9. The smallest absolute Gasteiger partial charge is 0.137 e. The second kappa shape index (κ2) is 7.15. The van der Waals surface area contributed by atoms with Gasteiger partial charge in [0.2, 0.25) is 0 Å². The zero-order valence-electron chi connectivity index (χ0n) is 12.9. The maximum absolute atomic E-state index is 13.3. The Labute approximate surface area is 134 Å². The van der Waals surface area contributed by atoms with Gasteiger partial charge in [0.1, 0.15) is 18.0 Å². The second-order valence-electron chi connectivity index (χ2n) is 5.26. The van der Waals surface area contributed by atoms with Crippen molar-refractivity contribution in [3.63, 3.8) is 0 Å². The van der Waals surface area contributed by atoms with E-state index in [0.29, 0.717) is 13.2 Å². The number of para-hydroxylation sites is 1. The molecule has 0 aliphatic carbocycles. The molecule has 0 amide bonds. The molecule has 0 atom stereocenters. The quantitative estimate of drug-likeness (QED) is 0.756. The number of hydrogen-bond donors (Lipinski definition) is 1. The normalized spacial score (nSPS) is 10.9. The first-order chi connectivity index (χ1) is 11.3. The summed E-state index contributed by atoms with van der Waals surface area (Å²) >= 11 is 0. The van der Waals surface area contributed by atoms with E-state index < -0.39 is 0 Å². The third kappa shape index (κ3) is 3.63. The molecule has 1 aromatic heterocycles. The number of rotatable bonds is 6. The highest BCUT2D eigenvalue weighted by molar-refractivity contribution is 5.88. The van der Waals surface area contributed by atoms with Crippen LogP contribution in [0.5, 0.6) is 0 Å². The molecule has 0 saturated carbocycles. The molecule has 0 aliphatic rings. The number of fused-ring (bicyclic) bond motifs is 1. The van der Waals surface area contributed by atoms with Crippen molar-refractivity contribution < 1.29 is 9.13 Å². The van der Waals surface area contributed by atoms with Crippen LogP contribution in [0.3, 0.4) is 0 Å². The minimum Gasteiger partial charge on any atom is -0.380 e. The number of hydrogen-bond acceptors (Lipinski definition) is 4. The van der Waals surface area contributed by atoms with Crippen LogP contribution in [-0.2, 0) is 17.8 Å². The molecule has 2 aromatic carbocycles. The lowest BCUT2D eigenvalue weighted by molar-refractivity contribution is 0.184. The molecule has 4 nitrogen and oxygen atoms in total. The fourth-order valence-corrected chi connectivity index (χ4v) is 2.59. The molecule has 0 spiro atoms. The maximum Gasteiger partial charge on any atom is 0.137 e. The Kier molecular flexibility index (Phi) is 4.78. The average molecular weight is 311 g/mol. The van der Waals surface area contributed by atoms with E-state index in [1.165, 1.54) is 12.1 Å². The van der Waals surface area contributed by atoms with Gasteiger partial charge in [0.25, 0.3) is 0 Å². The van der Waals surface area contributed by atoms with Gasteiger partial charge < -0.3 is 10.1 Å². The summed E-state index contributed by atoms with van der Waals surface area (Å²) in [6.45, 7) is 1.10. The lowest BCUT2D eigenvalue weighted by atomic mass is 10.0. The van der Waals surface area contributed by atoms with E-state index in [1.54, 1.807) is 13.4 Å². The van der Waals surface area contributed by atoms with Crippen molar-refractivity contribution in [2.75, 3.05) is 19.0 Å². The van der Waals surface area contributed by atoms with Gasteiger partial charge in [-0.15, -0.1) is 0 Å². The number of halogens is 1. The van der Waals surface area contributed by atoms with Gasteiger partial charge in [-0.2, -0.15) is 0 Å². The molecule has 118 valence electrons. The molecule has 5 heteroatoms. The van der Waals surface area contributed by atoms with Gasteiger partial charge in [0.05, 0.1) is 12.1 Å². The van der Waals surface area contributed by atoms with Gasteiger partial charge in [-0.3, -0.25) is 0 Å². The first kappa shape index (κ1) is 15.4. The minimum absolute atomic E-state index is 0.240. The molecule has 0 fully saturated rings. The summed E-state index contributed by atoms with van der Waals surface area (Å²) in [6, 6.07) is 12.7. The van der Waals surface area contributed by atoms with E-state index >= 15 is 0 Å². The molecule has 1 heterocycles. The standard InChI is InChI=1S/C18H18FN3O/c1-23-11-14-10-15(19)7-6-13(14)8-9-20-18-16-4-2-3-5-17(16)21-12-22-18/h2-7,10,12H,8-9,11H2,1H3,(H,20,21,22). The fraction of sp³-hybridized carbons (Fsp3) is 0.222. The van der Waals surface area contributed by atoms with Gasteiger partial charge in [0.15, 0.2) is 0 Å².